The first-order valence-corrected chi connectivity index (χ1v) is 7.00. The van der Waals surface area contributed by atoms with Crippen LogP contribution in [-0.2, 0) is 11.8 Å². The Morgan fingerprint density at radius 3 is 2.82 bits per heavy atom. The van der Waals surface area contributed by atoms with Crippen LogP contribution in [0.1, 0.15) is 12.1 Å². The van der Waals surface area contributed by atoms with Gasteiger partial charge in [0.15, 0.2) is 0 Å². The molecule has 0 bridgehead atoms. The number of rotatable bonds is 7. The summed E-state index contributed by atoms with van der Waals surface area (Å²) >= 11 is 0. The van der Waals surface area contributed by atoms with E-state index in [1.807, 2.05) is 6.92 Å². The van der Waals surface area contributed by atoms with Crippen LogP contribution in [0.4, 0.5) is 11.5 Å². The van der Waals surface area contributed by atoms with E-state index in [-0.39, 0.29) is 5.56 Å². The quantitative estimate of drug-likeness (QED) is 0.784. The van der Waals surface area contributed by atoms with Crippen molar-refractivity contribution in [2.24, 2.45) is 7.05 Å². The molecular weight excluding hydrogens is 284 g/mol. The van der Waals surface area contributed by atoms with Crippen molar-refractivity contribution in [3.05, 3.63) is 40.4 Å². The number of nitrogens with one attached hydrogen (secondary N) is 1. The largest absolute Gasteiger partial charge is 0.492 e. The van der Waals surface area contributed by atoms with Crippen LogP contribution in [0.15, 0.2) is 29.2 Å². The number of ether oxygens (including phenoxy) is 2. The maximum Gasteiger partial charge on any atom is 0.290 e. The van der Waals surface area contributed by atoms with Gasteiger partial charge in [-0.05, 0) is 25.1 Å². The number of pyridine rings is 1. The molecule has 118 valence electrons. The average Bonchev–Trinajstić information content (AvgIpc) is 2.50. The number of anilines is 2. The van der Waals surface area contributed by atoms with Crippen molar-refractivity contribution >= 4 is 11.5 Å². The third-order valence-corrected chi connectivity index (χ3v) is 2.95. The molecule has 2 aromatic heterocycles. The summed E-state index contributed by atoms with van der Waals surface area (Å²) in [5.74, 6) is 1.26. The van der Waals surface area contributed by atoms with Crippen molar-refractivity contribution in [2.45, 2.75) is 13.3 Å². The zero-order valence-corrected chi connectivity index (χ0v) is 13.0. The number of aryl methyl sites for hydroxylation is 2. The van der Waals surface area contributed by atoms with Crippen LogP contribution in [0.2, 0.25) is 0 Å². The highest BCUT2D eigenvalue weighted by atomic mass is 16.5. The Morgan fingerprint density at radius 1 is 1.32 bits per heavy atom. The van der Waals surface area contributed by atoms with Gasteiger partial charge in [0, 0.05) is 27.2 Å². The molecule has 2 heterocycles. The van der Waals surface area contributed by atoms with E-state index in [1.165, 1.54) is 4.68 Å². The van der Waals surface area contributed by atoms with E-state index in [2.05, 4.69) is 15.4 Å². The molecule has 7 nitrogen and oxygen atoms in total. The van der Waals surface area contributed by atoms with E-state index in [0.717, 1.165) is 12.1 Å². The van der Waals surface area contributed by atoms with E-state index in [0.29, 0.717) is 30.5 Å². The second-order valence-corrected chi connectivity index (χ2v) is 4.83. The molecule has 22 heavy (non-hydrogen) atoms. The van der Waals surface area contributed by atoms with Crippen LogP contribution in [0.25, 0.3) is 0 Å². The van der Waals surface area contributed by atoms with Gasteiger partial charge >= 0.3 is 0 Å². The molecule has 0 aliphatic rings. The van der Waals surface area contributed by atoms with E-state index in [4.69, 9.17) is 9.47 Å². The van der Waals surface area contributed by atoms with Gasteiger partial charge in [-0.3, -0.25) is 4.79 Å². The first kappa shape index (κ1) is 16.0. The van der Waals surface area contributed by atoms with Crippen LogP contribution >= 0.6 is 0 Å². The lowest BCUT2D eigenvalue weighted by Gasteiger charge is -2.09. The minimum Gasteiger partial charge on any atom is -0.492 e. The van der Waals surface area contributed by atoms with Crippen LogP contribution in [0.5, 0.6) is 5.75 Å². The topological polar surface area (TPSA) is 78.3 Å². The summed E-state index contributed by atoms with van der Waals surface area (Å²) < 4.78 is 11.8. The smallest absolute Gasteiger partial charge is 0.290 e. The van der Waals surface area contributed by atoms with Gasteiger partial charge in [-0.1, -0.05) is 0 Å². The van der Waals surface area contributed by atoms with Gasteiger partial charge in [0.05, 0.1) is 18.5 Å². The molecule has 0 aromatic carbocycles. The summed E-state index contributed by atoms with van der Waals surface area (Å²) in [6.45, 7) is 3.07. The van der Waals surface area contributed by atoms with Gasteiger partial charge in [0.2, 0.25) is 0 Å². The predicted octanol–water partition coefficient (Wildman–Crippen LogP) is 1.64. The molecule has 0 saturated carbocycles. The number of aromatic nitrogens is 3. The van der Waals surface area contributed by atoms with Crippen LogP contribution in [0, 0.1) is 6.92 Å². The fourth-order valence-electron chi connectivity index (χ4n) is 1.92. The second-order valence-electron chi connectivity index (χ2n) is 4.83. The highest BCUT2D eigenvalue weighted by Crippen LogP contribution is 2.15. The second kappa shape index (κ2) is 7.56. The Kier molecular flexibility index (Phi) is 5.48. The molecular formula is C15H20N4O3. The minimum absolute atomic E-state index is 0.202. The summed E-state index contributed by atoms with van der Waals surface area (Å²) in [5, 5.41) is 7.05. The highest BCUT2D eigenvalue weighted by Gasteiger charge is 2.05. The van der Waals surface area contributed by atoms with Gasteiger partial charge in [-0.25, -0.2) is 9.67 Å². The fraction of sp³-hybridized carbons (Fsp3) is 0.400. The Labute approximate surface area is 128 Å². The van der Waals surface area contributed by atoms with Crippen LogP contribution in [-0.4, -0.2) is 35.1 Å². The first-order chi connectivity index (χ1) is 10.6. The van der Waals surface area contributed by atoms with Gasteiger partial charge in [0.25, 0.3) is 5.56 Å². The maximum atomic E-state index is 12.0. The monoisotopic (exact) mass is 304 g/mol. The summed E-state index contributed by atoms with van der Waals surface area (Å²) in [6.07, 6.45) is 2.44. The number of hydrogen-bond donors (Lipinski definition) is 1. The van der Waals surface area contributed by atoms with E-state index >= 15 is 0 Å². The van der Waals surface area contributed by atoms with E-state index < -0.39 is 0 Å². The standard InChI is InChI=1S/C15H20N4O3/c1-11-9-13(15(20)19(2)18-11)17-14-6-5-12(10-16-14)22-8-4-7-21-3/h5-6,9-10H,4,7-8H2,1-3H3,(H,16,17). The summed E-state index contributed by atoms with van der Waals surface area (Å²) in [6, 6.07) is 5.26. The molecule has 0 amide bonds. The van der Waals surface area contributed by atoms with Gasteiger partial charge in [0.1, 0.15) is 17.3 Å². The Balaban J connectivity index is 2.01. The predicted molar refractivity (Wildman–Crippen MR) is 83.7 cm³/mol. The van der Waals surface area contributed by atoms with E-state index in [9.17, 15) is 4.79 Å². The lowest BCUT2D eigenvalue weighted by atomic mass is 10.3. The third-order valence-electron chi connectivity index (χ3n) is 2.95. The Morgan fingerprint density at radius 2 is 2.14 bits per heavy atom. The normalized spacial score (nSPS) is 10.5. The van der Waals surface area contributed by atoms with Crippen LogP contribution in [0.3, 0.4) is 0 Å². The molecule has 0 aliphatic carbocycles. The van der Waals surface area contributed by atoms with Crippen molar-refractivity contribution in [1.82, 2.24) is 14.8 Å². The zero-order chi connectivity index (χ0) is 15.9. The molecule has 2 aromatic rings. The number of methoxy groups -OCH3 is 1. The lowest BCUT2D eigenvalue weighted by Crippen LogP contribution is -2.22. The van der Waals surface area contributed by atoms with Crippen molar-refractivity contribution in [3.8, 4) is 5.75 Å². The zero-order valence-electron chi connectivity index (χ0n) is 13.0. The van der Waals surface area contributed by atoms with Crippen molar-refractivity contribution in [3.63, 3.8) is 0 Å². The molecule has 0 saturated heterocycles. The Hall–Kier alpha value is -2.41. The molecule has 0 aliphatic heterocycles. The van der Waals surface area contributed by atoms with Crippen molar-refractivity contribution in [2.75, 3.05) is 25.6 Å². The highest BCUT2D eigenvalue weighted by molar-refractivity contribution is 5.55. The molecule has 2 rings (SSSR count). The summed E-state index contributed by atoms with van der Waals surface area (Å²) in [5.41, 5.74) is 0.992. The SMILES string of the molecule is COCCCOc1ccc(Nc2cc(C)nn(C)c2=O)nc1. The molecule has 0 radical (unpaired) electrons. The van der Waals surface area contributed by atoms with Gasteiger partial charge in [-0.2, -0.15) is 5.10 Å². The summed E-state index contributed by atoms with van der Waals surface area (Å²) in [4.78, 5) is 16.2. The third kappa shape index (κ3) is 4.29. The Bertz CT molecular complexity index is 667. The molecule has 0 atom stereocenters. The van der Waals surface area contributed by atoms with E-state index in [1.54, 1.807) is 38.6 Å². The first-order valence-electron chi connectivity index (χ1n) is 7.00. The molecule has 0 fully saturated rings. The van der Waals surface area contributed by atoms with Crippen molar-refractivity contribution in [1.29, 1.82) is 0 Å². The van der Waals surface area contributed by atoms with Crippen LogP contribution < -0.4 is 15.6 Å². The maximum absolute atomic E-state index is 12.0. The number of nitrogens with zero attached hydrogens (tertiary/aromatic N) is 3. The number of hydrogen-bond acceptors (Lipinski definition) is 6. The molecule has 0 spiro atoms. The van der Waals surface area contributed by atoms with Gasteiger partial charge < -0.3 is 14.8 Å². The minimum atomic E-state index is -0.202. The lowest BCUT2D eigenvalue weighted by molar-refractivity contribution is 0.172. The van der Waals surface area contributed by atoms with Gasteiger partial charge in [-0.15, -0.1) is 0 Å². The molecule has 1 N–H and O–H groups in total. The molecule has 7 heteroatoms. The fourth-order valence-corrected chi connectivity index (χ4v) is 1.92. The van der Waals surface area contributed by atoms with Crippen molar-refractivity contribution < 1.29 is 9.47 Å². The molecule has 0 unspecified atom stereocenters. The summed E-state index contributed by atoms with van der Waals surface area (Å²) in [7, 11) is 3.28. The average molecular weight is 304 g/mol.